The van der Waals surface area contributed by atoms with Crippen molar-refractivity contribution in [3.8, 4) is 0 Å². The molecule has 0 saturated carbocycles. The van der Waals surface area contributed by atoms with Gasteiger partial charge in [0.15, 0.2) is 6.10 Å². The Kier molecular flexibility index (Phi) is 11.0. The predicted molar refractivity (Wildman–Crippen MR) is 147 cm³/mol. The van der Waals surface area contributed by atoms with Crippen LogP contribution in [0.3, 0.4) is 0 Å². The number of hydrogen-bond donors (Lipinski definition) is 0. The molecule has 40 heavy (non-hydrogen) atoms. The van der Waals surface area contributed by atoms with Crippen molar-refractivity contribution in [2.24, 2.45) is 0 Å². The molecule has 1 fully saturated rings. The molecule has 3 aromatic carbocycles. The smallest absolute Gasteiger partial charge is 0.337 e. The molecule has 1 aliphatic heterocycles. The summed E-state index contributed by atoms with van der Waals surface area (Å²) in [7, 11) is 2.62. The van der Waals surface area contributed by atoms with Crippen LogP contribution < -0.4 is 0 Å². The first kappa shape index (κ1) is 29.2. The fourth-order valence-electron chi connectivity index (χ4n) is 4.23. The Morgan fingerprint density at radius 3 is 1.73 bits per heavy atom. The van der Waals surface area contributed by atoms with Crippen LogP contribution >= 0.6 is 0 Å². The van der Waals surface area contributed by atoms with Crippen molar-refractivity contribution in [2.45, 2.75) is 50.3 Å². The Bertz CT molecular complexity index is 1220. The maximum absolute atomic E-state index is 12.3. The molecule has 0 amide bonds. The third kappa shape index (κ3) is 8.59. The summed E-state index contributed by atoms with van der Waals surface area (Å²) in [5.74, 6) is -1.03. The SMILES string of the molecule is COC(=O)/C=C/[C@@H](OCc1ccccc1)[C@H](OCc1ccccc1)[C@@H](OCc1ccccc1)[C@H]1O[C@H]1C(=O)OC. The zero-order chi connectivity index (χ0) is 28.2. The first-order chi connectivity index (χ1) is 19.6. The van der Waals surface area contributed by atoms with Gasteiger partial charge in [0.2, 0.25) is 0 Å². The molecule has 1 aliphatic rings. The first-order valence-electron chi connectivity index (χ1n) is 13.0. The summed E-state index contributed by atoms with van der Waals surface area (Å²) < 4.78 is 34.7. The monoisotopic (exact) mass is 546 g/mol. The van der Waals surface area contributed by atoms with Crippen molar-refractivity contribution in [1.82, 2.24) is 0 Å². The van der Waals surface area contributed by atoms with E-state index in [0.29, 0.717) is 0 Å². The van der Waals surface area contributed by atoms with Crippen molar-refractivity contribution < 1.29 is 38.0 Å². The molecule has 0 unspecified atom stereocenters. The minimum Gasteiger partial charge on any atom is -0.467 e. The number of carbonyl (C=O) groups excluding carboxylic acids is 2. The number of carbonyl (C=O) groups is 2. The second kappa shape index (κ2) is 15.1. The van der Waals surface area contributed by atoms with Crippen LogP contribution in [0.15, 0.2) is 103 Å². The van der Waals surface area contributed by atoms with E-state index >= 15 is 0 Å². The topological polar surface area (TPSA) is 92.8 Å². The highest BCUT2D eigenvalue weighted by Crippen LogP contribution is 2.34. The van der Waals surface area contributed by atoms with Crippen molar-refractivity contribution in [1.29, 1.82) is 0 Å². The van der Waals surface area contributed by atoms with Crippen LogP contribution in [-0.4, -0.2) is 56.7 Å². The minimum absolute atomic E-state index is 0.240. The number of hydrogen-bond acceptors (Lipinski definition) is 8. The molecule has 8 heteroatoms. The summed E-state index contributed by atoms with van der Waals surface area (Å²) in [5, 5.41) is 0. The Hall–Kier alpha value is -3.82. The largest absolute Gasteiger partial charge is 0.467 e. The lowest BCUT2D eigenvalue weighted by Gasteiger charge is -2.32. The van der Waals surface area contributed by atoms with Crippen LogP contribution in [0.25, 0.3) is 0 Å². The lowest BCUT2D eigenvalue weighted by Crippen LogP contribution is -2.46. The summed E-state index contributed by atoms with van der Waals surface area (Å²) in [4.78, 5) is 24.4. The fraction of sp³-hybridized carbons (Fsp3) is 0.312. The number of ether oxygens (including phenoxy) is 6. The highest BCUT2D eigenvalue weighted by molar-refractivity contribution is 5.81. The summed E-state index contributed by atoms with van der Waals surface area (Å²) in [6, 6.07) is 29.0. The Balaban J connectivity index is 1.65. The van der Waals surface area contributed by atoms with E-state index in [2.05, 4.69) is 0 Å². The molecular weight excluding hydrogens is 512 g/mol. The standard InChI is InChI=1S/C32H34O8/c1-35-27(33)19-18-26(37-20-23-12-6-3-7-13-23)28(38-21-24-14-8-4-9-15-24)29(30-31(40-30)32(34)36-2)39-22-25-16-10-5-11-17-25/h3-19,26,28-31H,20-22H2,1-2H3/b19-18+/t26-,28+,29-,30-,31-/m1/s1. The molecule has 8 nitrogen and oxygen atoms in total. The number of benzene rings is 3. The number of rotatable bonds is 15. The molecule has 1 saturated heterocycles. The molecule has 0 spiro atoms. The van der Waals surface area contributed by atoms with Crippen LogP contribution in [-0.2, 0) is 57.8 Å². The van der Waals surface area contributed by atoms with Crippen LogP contribution in [0.4, 0.5) is 0 Å². The summed E-state index contributed by atoms with van der Waals surface area (Å²) >= 11 is 0. The average molecular weight is 547 g/mol. The predicted octanol–water partition coefficient (Wildman–Crippen LogP) is 4.41. The summed E-state index contributed by atoms with van der Waals surface area (Å²) in [5.41, 5.74) is 2.82. The maximum Gasteiger partial charge on any atom is 0.337 e. The Morgan fingerprint density at radius 2 is 1.23 bits per heavy atom. The molecule has 0 N–H and O–H groups in total. The molecular formula is C32H34O8. The van der Waals surface area contributed by atoms with Gasteiger partial charge < -0.3 is 28.4 Å². The second-order valence-electron chi connectivity index (χ2n) is 9.21. The number of epoxide rings is 1. The zero-order valence-corrected chi connectivity index (χ0v) is 22.6. The third-order valence-electron chi connectivity index (χ3n) is 6.41. The normalized spacial score (nSPS) is 18.6. The van der Waals surface area contributed by atoms with Gasteiger partial charge in [-0.1, -0.05) is 91.0 Å². The van der Waals surface area contributed by atoms with E-state index in [-0.39, 0.29) is 19.8 Å². The third-order valence-corrected chi connectivity index (χ3v) is 6.41. The van der Waals surface area contributed by atoms with Gasteiger partial charge in [-0.2, -0.15) is 0 Å². The van der Waals surface area contributed by atoms with Gasteiger partial charge in [-0.15, -0.1) is 0 Å². The van der Waals surface area contributed by atoms with E-state index in [1.807, 2.05) is 91.0 Å². The molecule has 1 heterocycles. The second-order valence-corrected chi connectivity index (χ2v) is 9.21. The highest BCUT2D eigenvalue weighted by Gasteiger charge is 2.55. The highest BCUT2D eigenvalue weighted by atomic mass is 16.7. The lowest BCUT2D eigenvalue weighted by molar-refractivity contribution is -0.146. The van der Waals surface area contributed by atoms with Gasteiger partial charge in [0, 0.05) is 6.08 Å². The summed E-state index contributed by atoms with van der Waals surface area (Å²) in [6.07, 6.45) is -0.803. The molecule has 0 bridgehead atoms. The average Bonchev–Trinajstić information content (AvgIpc) is 3.81. The van der Waals surface area contributed by atoms with Gasteiger partial charge >= 0.3 is 11.9 Å². The molecule has 0 aliphatic carbocycles. The van der Waals surface area contributed by atoms with Crippen LogP contribution in [0, 0.1) is 0 Å². The first-order valence-corrected chi connectivity index (χ1v) is 13.0. The van der Waals surface area contributed by atoms with Crippen molar-refractivity contribution in [3.05, 3.63) is 120 Å². The quantitative estimate of drug-likeness (QED) is 0.157. The van der Waals surface area contributed by atoms with Gasteiger partial charge in [-0.25, -0.2) is 9.59 Å². The van der Waals surface area contributed by atoms with Crippen LogP contribution in [0.1, 0.15) is 16.7 Å². The van der Waals surface area contributed by atoms with Gasteiger partial charge in [0.1, 0.15) is 24.4 Å². The number of methoxy groups -OCH3 is 2. The van der Waals surface area contributed by atoms with Crippen LogP contribution in [0.5, 0.6) is 0 Å². The van der Waals surface area contributed by atoms with E-state index in [1.165, 1.54) is 20.3 Å². The lowest BCUT2D eigenvalue weighted by atomic mass is 10.0. The van der Waals surface area contributed by atoms with Gasteiger partial charge in [-0.3, -0.25) is 0 Å². The molecule has 210 valence electrons. The molecule has 3 aromatic rings. The molecule has 5 atom stereocenters. The Morgan fingerprint density at radius 1 is 0.725 bits per heavy atom. The van der Waals surface area contributed by atoms with Gasteiger partial charge in [0.05, 0.1) is 34.0 Å². The van der Waals surface area contributed by atoms with E-state index < -0.39 is 42.5 Å². The number of esters is 2. The van der Waals surface area contributed by atoms with Gasteiger partial charge in [-0.05, 0) is 22.8 Å². The van der Waals surface area contributed by atoms with Gasteiger partial charge in [0.25, 0.3) is 0 Å². The fourth-order valence-corrected chi connectivity index (χ4v) is 4.23. The van der Waals surface area contributed by atoms with Crippen molar-refractivity contribution in [3.63, 3.8) is 0 Å². The van der Waals surface area contributed by atoms with E-state index in [0.717, 1.165) is 16.7 Å². The van der Waals surface area contributed by atoms with E-state index in [4.69, 9.17) is 28.4 Å². The Labute approximate surface area is 234 Å². The summed E-state index contributed by atoms with van der Waals surface area (Å²) in [6.45, 7) is 0.736. The van der Waals surface area contributed by atoms with E-state index in [9.17, 15) is 9.59 Å². The van der Waals surface area contributed by atoms with Crippen molar-refractivity contribution in [2.75, 3.05) is 14.2 Å². The molecule has 0 aromatic heterocycles. The van der Waals surface area contributed by atoms with E-state index in [1.54, 1.807) is 6.08 Å². The maximum atomic E-state index is 12.3. The molecule has 4 rings (SSSR count). The van der Waals surface area contributed by atoms with Crippen molar-refractivity contribution >= 4 is 11.9 Å². The molecule has 0 radical (unpaired) electrons. The minimum atomic E-state index is -0.798. The zero-order valence-electron chi connectivity index (χ0n) is 22.6. The van der Waals surface area contributed by atoms with Crippen LogP contribution in [0.2, 0.25) is 0 Å².